The van der Waals surface area contributed by atoms with Gasteiger partial charge in [-0.2, -0.15) is 0 Å². The molecule has 282 valence electrons. The van der Waals surface area contributed by atoms with Gasteiger partial charge in [0.2, 0.25) is 0 Å². The molecule has 4 saturated carbocycles. The van der Waals surface area contributed by atoms with Crippen molar-refractivity contribution in [2.45, 2.75) is 31.1 Å². The first-order valence-corrected chi connectivity index (χ1v) is 21.5. The van der Waals surface area contributed by atoms with Crippen LogP contribution in [0.1, 0.15) is 36.8 Å². The van der Waals surface area contributed by atoms with E-state index in [-0.39, 0.29) is 5.41 Å². The average molecular weight is 758 g/mol. The number of furan rings is 1. The SMILES string of the molecule is c1ccc(-c2ccc(N(c3ccc4c(c3)-c3c(-c5ccccc5)cccc3C43C4CC5CC(C4)C3C5)c3ccc4c(c3)oc3ccccc34)c(-c3ccccc3)c2)cc1. The largest absolute Gasteiger partial charge is 0.456 e. The predicted molar refractivity (Wildman–Crippen MR) is 243 cm³/mol. The Morgan fingerprint density at radius 1 is 0.441 bits per heavy atom. The van der Waals surface area contributed by atoms with Crippen LogP contribution in [-0.2, 0) is 5.41 Å². The molecule has 8 aromatic carbocycles. The zero-order valence-corrected chi connectivity index (χ0v) is 32.9. The van der Waals surface area contributed by atoms with E-state index in [1.165, 1.54) is 70.2 Å². The minimum Gasteiger partial charge on any atom is -0.456 e. The zero-order chi connectivity index (χ0) is 38.7. The Balaban J connectivity index is 1.08. The first-order chi connectivity index (χ1) is 29.2. The smallest absolute Gasteiger partial charge is 0.137 e. The Kier molecular flexibility index (Phi) is 7.17. The van der Waals surface area contributed by atoms with Crippen molar-refractivity contribution in [2.24, 2.45) is 23.7 Å². The second kappa shape index (κ2) is 12.7. The number of hydrogen-bond acceptors (Lipinski definition) is 2. The van der Waals surface area contributed by atoms with Crippen molar-refractivity contribution < 1.29 is 4.42 Å². The van der Waals surface area contributed by atoms with Crippen LogP contribution < -0.4 is 4.90 Å². The lowest BCUT2D eigenvalue weighted by Crippen LogP contribution is -2.40. The quantitative estimate of drug-likeness (QED) is 0.168. The maximum atomic E-state index is 6.59. The summed E-state index contributed by atoms with van der Waals surface area (Å²) in [4.78, 5) is 2.49. The van der Waals surface area contributed by atoms with E-state index in [0.717, 1.165) is 50.8 Å². The summed E-state index contributed by atoms with van der Waals surface area (Å²) in [5.74, 6) is 3.15. The van der Waals surface area contributed by atoms with Crippen molar-refractivity contribution in [1.29, 1.82) is 0 Å². The van der Waals surface area contributed by atoms with E-state index < -0.39 is 0 Å². The van der Waals surface area contributed by atoms with E-state index >= 15 is 0 Å². The molecular weight excluding hydrogens is 715 g/mol. The molecule has 0 aliphatic heterocycles. The van der Waals surface area contributed by atoms with E-state index in [2.05, 4.69) is 193 Å². The van der Waals surface area contributed by atoms with Gasteiger partial charge in [-0.05, 0) is 142 Å². The normalized spacial score (nSPS) is 22.0. The van der Waals surface area contributed by atoms with E-state index in [9.17, 15) is 0 Å². The first-order valence-electron chi connectivity index (χ1n) is 21.5. The van der Waals surface area contributed by atoms with Gasteiger partial charge >= 0.3 is 0 Å². The lowest BCUT2D eigenvalue weighted by molar-refractivity contribution is 0.191. The number of para-hydroxylation sites is 1. The molecule has 4 bridgehead atoms. The highest BCUT2D eigenvalue weighted by molar-refractivity contribution is 6.06. The predicted octanol–water partition coefficient (Wildman–Crippen LogP) is 15.4. The van der Waals surface area contributed by atoms with Crippen LogP contribution in [0.3, 0.4) is 0 Å². The zero-order valence-electron chi connectivity index (χ0n) is 32.9. The maximum absolute atomic E-state index is 6.59. The summed E-state index contributed by atoms with van der Waals surface area (Å²) in [7, 11) is 0. The highest BCUT2D eigenvalue weighted by Gasteiger charge is 2.66. The minimum atomic E-state index is 0.0796. The highest BCUT2D eigenvalue weighted by Crippen LogP contribution is 2.73. The second-order valence-electron chi connectivity index (χ2n) is 17.6. The number of hydrogen-bond donors (Lipinski definition) is 0. The van der Waals surface area contributed by atoms with Gasteiger partial charge in [0.25, 0.3) is 0 Å². The Labute approximate surface area is 345 Å². The summed E-state index contributed by atoms with van der Waals surface area (Å²) in [6.45, 7) is 0. The fraction of sp³-hybridized carbons (Fsp3) is 0.158. The highest BCUT2D eigenvalue weighted by atomic mass is 16.3. The van der Waals surface area contributed by atoms with Gasteiger partial charge in [0.1, 0.15) is 11.2 Å². The van der Waals surface area contributed by atoms with Crippen molar-refractivity contribution in [3.05, 3.63) is 199 Å². The Morgan fingerprint density at radius 2 is 1.14 bits per heavy atom. The number of fused-ring (bicyclic) bond motifs is 6. The van der Waals surface area contributed by atoms with Gasteiger partial charge in [-0.25, -0.2) is 0 Å². The van der Waals surface area contributed by atoms with Gasteiger partial charge in [-0.3, -0.25) is 0 Å². The molecule has 5 unspecified atom stereocenters. The van der Waals surface area contributed by atoms with Gasteiger partial charge in [0.05, 0.1) is 5.69 Å². The topological polar surface area (TPSA) is 16.4 Å². The summed E-state index contributed by atoms with van der Waals surface area (Å²) in [6, 6.07) is 69.7. The Hall–Kier alpha value is -6.64. The summed E-state index contributed by atoms with van der Waals surface area (Å²) >= 11 is 0. The Bertz CT molecular complexity index is 3090. The van der Waals surface area contributed by atoms with Gasteiger partial charge in [-0.15, -0.1) is 0 Å². The van der Waals surface area contributed by atoms with Crippen LogP contribution in [0.4, 0.5) is 17.1 Å². The fourth-order valence-corrected chi connectivity index (χ4v) is 12.7. The van der Waals surface area contributed by atoms with E-state index in [1.54, 1.807) is 11.1 Å². The third kappa shape index (κ3) is 4.81. The molecule has 2 heteroatoms. The fourth-order valence-electron chi connectivity index (χ4n) is 12.7. The Morgan fingerprint density at radius 3 is 1.93 bits per heavy atom. The molecule has 1 heterocycles. The van der Waals surface area contributed by atoms with Crippen LogP contribution in [0.15, 0.2) is 192 Å². The second-order valence-corrected chi connectivity index (χ2v) is 17.6. The molecule has 9 aromatic rings. The standard InChI is InChI=1S/C57H43NO/c1-4-13-37(14-5-1)40-23-28-53(48(33-40)39-17-8-3-9-18-39)58(44-24-26-47-46-19-10-11-22-54(46)59-55(47)35-44)43-25-27-50-49(34-43)56-45(38-15-6-2-7-16-38)20-12-21-51(56)57(50)42-30-36-29-41(32-42)52(57)31-36/h1-28,33-36,41-42,52H,29-32H2. The summed E-state index contributed by atoms with van der Waals surface area (Å²) in [6.07, 6.45) is 5.52. The van der Waals surface area contributed by atoms with Crippen molar-refractivity contribution in [3.63, 3.8) is 0 Å². The van der Waals surface area contributed by atoms with Crippen molar-refractivity contribution in [3.8, 4) is 44.5 Å². The molecule has 1 spiro atoms. The van der Waals surface area contributed by atoms with Crippen LogP contribution in [-0.4, -0.2) is 0 Å². The van der Waals surface area contributed by atoms with Gasteiger partial charge in [-0.1, -0.05) is 140 Å². The molecule has 4 fully saturated rings. The maximum Gasteiger partial charge on any atom is 0.137 e. The first kappa shape index (κ1) is 33.3. The summed E-state index contributed by atoms with van der Waals surface area (Å²) in [5.41, 5.74) is 18.7. The molecule has 0 amide bonds. The number of nitrogens with zero attached hydrogens (tertiary/aromatic N) is 1. The van der Waals surface area contributed by atoms with Gasteiger partial charge in [0.15, 0.2) is 0 Å². The average Bonchev–Trinajstić information content (AvgIpc) is 3.98. The van der Waals surface area contributed by atoms with Crippen molar-refractivity contribution in [2.75, 3.05) is 4.90 Å². The lowest BCUT2D eigenvalue weighted by atomic mass is 9.59. The van der Waals surface area contributed by atoms with E-state index in [1.807, 2.05) is 0 Å². The molecule has 0 saturated heterocycles. The third-order valence-corrected chi connectivity index (χ3v) is 14.8. The molecule has 14 rings (SSSR count). The minimum absolute atomic E-state index is 0.0796. The van der Waals surface area contributed by atoms with Gasteiger partial charge < -0.3 is 9.32 Å². The molecule has 0 N–H and O–H groups in total. The van der Waals surface area contributed by atoms with E-state index in [4.69, 9.17) is 4.42 Å². The van der Waals surface area contributed by atoms with Gasteiger partial charge in [0, 0.05) is 39.2 Å². The number of benzene rings is 8. The van der Waals surface area contributed by atoms with E-state index in [0.29, 0.717) is 11.8 Å². The van der Waals surface area contributed by atoms with Crippen LogP contribution in [0, 0.1) is 23.7 Å². The summed E-state index contributed by atoms with van der Waals surface area (Å²) in [5, 5.41) is 2.28. The van der Waals surface area contributed by atoms with Crippen molar-refractivity contribution >= 4 is 39.0 Å². The molecule has 5 aliphatic carbocycles. The molecule has 1 aromatic heterocycles. The number of rotatable bonds is 6. The van der Waals surface area contributed by atoms with Crippen LogP contribution >= 0.6 is 0 Å². The van der Waals surface area contributed by atoms with Crippen LogP contribution in [0.5, 0.6) is 0 Å². The molecule has 5 aliphatic rings. The van der Waals surface area contributed by atoms with Crippen LogP contribution in [0.25, 0.3) is 66.4 Å². The monoisotopic (exact) mass is 757 g/mol. The molecule has 2 nitrogen and oxygen atoms in total. The molecule has 0 radical (unpaired) electrons. The van der Waals surface area contributed by atoms with Crippen molar-refractivity contribution in [1.82, 2.24) is 0 Å². The number of anilines is 3. The third-order valence-electron chi connectivity index (χ3n) is 14.8. The lowest BCUT2D eigenvalue weighted by Gasteiger charge is -2.44. The molecule has 59 heavy (non-hydrogen) atoms. The van der Waals surface area contributed by atoms with Crippen LogP contribution in [0.2, 0.25) is 0 Å². The molecule has 5 atom stereocenters. The molecular formula is C57H43NO. The summed E-state index contributed by atoms with van der Waals surface area (Å²) < 4.78 is 6.59.